The van der Waals surface area contributed by atoms with Crippen LogP contribution in [0.1, 0.15) is 56.3 Å². The summed E-state index contributed by atoms with van der Waals surface area (Å²) in [6, 6.07) is 3.40. The van der Waals surface area contributed by atoms with Crippen LogP contribution in [-0.2, 0) is 17.1 Å². The van der Waals surface area contributed by atoms with Crippen LogP contribution in [0, 0.1) is 0 Å². The number of aromatic nitrogens is 3. The molecule has 0 spiro atoms. The first-order valence-corrected chi connectivity index (χ1v) is 11.9. The van der Waals surface area contributed by atoms with E-state index in [2.05, 4.69) is 5.10 Å². The summed E-state index contributed by atoms with van der Waals surface area (Å²) in [4.78, 5) is 12.6. The molecule has 2 aliphatic rings. The number of thiophene rings is 1. The number of hydrogen-bond acceptors (Lipinski definition) is 5. The molecule has 1 saturated carbocycles. The van der Waals surface area contributed by atoms with Crippen molar-refractivity contribution < 1.29 is 8.42 Å². The second kappa shape index (κ2) is 7.35. The predicted molar refractivity (Wildman–Crippen MR) is 105 cm³/mol. The standard InChI is InChI=1S/C17H23ClN4O3S2/c1-20-17(23)22(13-4-2-3-5-13)16(19-20)12-8-10-21(11-9-12)27(24,25)15-7-6-14(18)26-15/h6-7,12-13H,2-5,8-11H2,1H3. The Morgan fingerprint density at radius 2 is 1.81 bits per heavy atom. The average Bonchev–Trinajstić information content (AvgIpc) is 3.37. The van der Waals surface area contributed by atoms with Crippen LogP contribution in [-0.4, -0.2) is 40.2 Å². The van der Waals surface area contributed by atoms with Crippen LogP contribution in [0.5, 0.6) is 0 Å². The number of nitrogens with zero attached hydrogens (tertiary/aromatic N) is 4. The fourth-order valence-electron chi connectivity index (χ4n) is 4.20. The molecule has 1 aliphatic heterocycles. The lowest BCUT2D eigenvalue weighted by Crippen LogP contribution is -2.38. The third-order valence-electron chi connectivity index (χ3n) is 5.63. The first-order chi connectivity index (χ1) is 12.9. The molecular weight excluding hydrogens is 408 g/mol. The maximum Gasteiger partial charge on any atom is 0.345 e. The summed E-state index contributed by atoms with van der Waals surface area (Å²) >= 11 is 6.98. The van der Waals surface area contributed by atoms with Crippen LogP contribution in [0.4, 0.5) is 0 Å². The largest absolute Gasteiger partial charge is 0.345 e. The molecule has 0 atom stereocenters. The zero-order valence-electron chi connectivity index (χ0n) is 15.2. The van der Waals surface area contributed by atoms with E-state index < -0.39 is 10.0 Å². The maximum atomic E-state index is 12.8. The Bertz CT molecular complexity index is 980. The third-order valence-corrected chi connectivity index (χ3v) is 9.23. The van der Waals surface area contributed by atoms with Crippen LogP contribution in [0.25, 0.3) is 0 Å². The van der Waals surface area contributed by atoms with Gasteiger partial charge in [0.15, 0.2) is 0 Å². The van der Waals surface area contributed by atoms with Gasteiger partial charge in [-0.25, -0.2) is 17.9 Å². The molecule has 2 aromatic heterocycles. The maximum absolute atomic E-state index is 12.8. The van der Waals surface area contributed by atoms with Crippen molar-refractivity contribution in [1.29, 1.82) is 0 Å². The van der Waals surface area contributed by atoms with Crippen molar-refractivity contribution in [2.75, 3.05) is 13.1 Å². The highest BCUT2D eigenvalue weighted by Gasteiger charge is 2.34. The van der Waals surface area contributed by atoms with Gasteiger partial charge in [0.25, 0.3) is 10.0 Å². The number of halogens is 1. The quantitative estimate of drug-likeness (QED) is 0.747. The molecule has 7 nitrogen and oxygen atoms in total. The van der Waals surface area contributed by atoms with Gasteiger partial charge in [-0.2, -0.15) is 9.40 Å². The van der Waals surface area contributed by atoms with E-state index in [0.29, 0.717) is 30.3 Å². The van der Waals surface area contributed by atoms with E-state index >= 15 is 0 Å². The SMILES string of the molecule is Cn1nc(C2CCN(S(=O)(=O)c3ccc(Cl)s3)CC2)n(C2CCCC2)c1=O. The Morgan fingerprint density at radius 1 is 1.15 bits per heavy atom. The van der Waals surface area contributed by atoms with Crippen molar-refractivity contribution in [2.45, 2.75) is 54.7 Å². The number of sulfonamides is 1. The summed E-state index contributed by atoms with van der Waals surface area (Å²) in [5, 5.41) is 4.51. The summed E-state index contributed by atoms with van der Waals surface area (Å²) < 4.78 is 31.1. The highest BCUT2D eigenvalue weighted by molar-refractivity contribution is 7.91. The fourth-order valence-corrected chi connectivity index (χ4v) is 7.31. The molecule has 27 heavy (non-hydrogen) atoms. The zero-order chi connectivity index (χ0) is 19.2. The van der Waals surface area contributed by atoms with Crippen LogP contribution in [0.2, 0.25) is 4.34 Å². The molecule has 0 unspecified atom stereocenters. The lowest BCUT2D eigenvalue weighted by Gasteiger charge is -2.31. The van der Waals surface area contributed by atoms with Gasteiger partial charge in [0, 0.05) is 32.1 Å². The summed E-state index contributed by atoms with van der Waals surface area (Å²) in [6.45, 7) is 0.857. The summed E-state index contributed by atoms with van der Waals surface area (Å²) in [7, 11) is -1.81. The predicted octanol–water partition coefficient (Wildman–Crippen LogP) is 2.98. The minimum atomic E-state index is -3.50. The topological polar surface area (TPSA) is 77.2 Å². The van der Waals surface area contributed by atoms with Crippen molar-refractivity contribution in [3.05, 3.63) is 32.8 Å². The molecular formula is C17H23ClN4O3S2. The fraction of sp³-hybridized carbons (Fsp3) is 0.647. The summed E-state index contributed by atoms with van der Waals surface area (Å²) in [5.41, 5.74) is -0.0554. The molecule has 4 rings (SSSR count). The van der Waals surface area contributed by atoms with E-state index in [4.69, 9.17) is 11.6 Å². The van der Waals surface area contributed by atoms with Gasteiger partial charge in [-0.15, -0.1) is 11.3 Å². The van der Waals surface area contributed by atoms with Gasteiger partial charge in [-0.3, -0.25) is 4.57 Å². The average molecular weight is 431 g/mol. The van der Waals surface area contributed by atoms with E-state index in [9.17, 15) is 13.2 Å². The van der Waals surface area contributed by atoms with Crippen molar-refractivity contribution in [1.82, 2.24) is 18.7 Å². The molecule has 0 radical (unpaired) electrons. The third kappa shape index (κ3) is 3.50. The second-order valence-corrected chi connectivity index (χ2v) is 11.2. The van der Waals surface area contributed by atoms with E-state index in [1.807, 2.05) is 4.57 Å². The van der Waals surface area contributed by atoms with Crippen LogP contribution in [0.15, 0.2) is 21.1 Å². The number of aryl methyl sites for hydroxylation is 1. The van der Waals surface area contributed by atoms with Crippen LogP contribution < -0.4 is 5.69 Å². The molecule has 0 bridgehead atoms. The summed E-state index contributed by atoms with van der Waals surface area (Å²) in [5.74, 6) is 0.934. The van der Waals surface area contributed by atoms with Gasteiger partial charge in [0.2, 0.25) is 0 Å². The molecule has 1 saturated heterocycles. The second-order valence-electron chi connectivity index (χ2n) is 7.31. The first-order valence-electron chi connectivity index (χ1n) is 9.29. The molecule has 148 valence electrons. The Labute approximate surface area is 167 Å². The number of piperidine rings is 1. The van der Waals surface area contributed by atoms with E-state index in [1.54, 1.807) is 19.2 Å². The molecule has 2 aromatic rings. The van der Waals surface area contributed by atoms with Crippen LogP contribution >= 0.6 is 22.9 Å². The normalized spacial score (nSPS) is 20.5. The highest BCUT2D eigenvalue weighted by Crippen LogP contribution is 2.35. The van der Waals surface area contributed by atoms with Gasteiger partial charge < -0.3 is 0 Å². The minimum Gasteiger partial charge on any atom is -0.276 e. The molecule has 0 N–H and O–H groups in total. The minimum absolute atomic E-state index is 0.0554. The lowest BCUT2D eigenvalue weighted by atomic mass is 9.97. The zero-order valence-corrected chi connectivity index (χ0v) is 17.6. The Morgan fingerprint density at radius 3 is 2.41 bits per heavy atom. The molecule has 10 heteroatoms. The Kier molecular flexibility index (Phi) is 5.22. The van der Waals surface area contributed by atoms with E-state index in [0.717, 1.165) is 42.8 Å². The van der Waals surface area contributed by atoms with Crippen molar-refractivity contribution >= 4 is 33.0 Å². The van der Waals surface area contributed by atoms with Gasteiger partial charge in [-0.1, -0.05) is 24.4 Å². The smallest absolute Gasteiger partial charge is 0.276 e. The number of rotatable bonds is 4. The van der Waals surface area contributed by atoms with Crippen LogP contribution in [0.3, 0.4) is 0 Å². The monoisotopic (exact) mass is 430 g/mol. The molecule has 0 aromatic carbocycles. The van der Waals surface area contributed by atoms with Gasteiger partial charge >= 0.3 is 5.69 Å². The van der Waals surface area contributed by atoms with Gasteiger partial charge in [0.1, 0.15) is 10.0 Å². The first kappa shape index (κ1) is 19.2. The summed E-state index contributed by atoms with van der Waals surface area (Å²) in [6.07, 6.45) is 5.66. The Balaban J connectivity index is 1.53. The van der Waals surface area contributed by atoms with E-state index in [1.165, 1.54) is 8.99 Å². The molecule has 2 fully saturated rings. The number of hydrogen-bond donors (Lipinski definition) is 0. The van der Waals surface area contributed by atoms with Gasteiger partial charge in [0.05, 0.1) is 4.34 Å². The van der Waals surface area contributed by atoms with Gasteiger partial charge in [-0.05, 0) is 37.8 Å². The Hall–Kier alpha value is -1.16. The lowest BCUT2D eigenvalue weighted by molar-refractivity contribution is 0.304. The molecule has 0 amide bonds. The molecule has 1 aliphatic carbocycles. The van der Waals surface area contributed by atoms with E-state index in [-0.39, 0.29) is 21.9 Å². The van der Waals surface area contributed by atoms with Crippen molar-refractivity contribution in [3.8, 4) is 0 Å². The van der Waals surface area contributed by atoms with Crippen molar-refractivity contribution in [2.24, 2.45) is 7.05 Å². The highest BCUT2D eigenvalue weighted by atomic mass is 35.5. The molecule has 3 heterocycles. The van der Waals surface area contributed by atoms with Crippen molar-refractivity contribution in [3.63, 3.8) is 0 Å².